The van der Waals surface area contributed by atoms with Crippen molar-refractivity contribution in [2.24, 2.45) is 5.73 Å². The van der Waals surface area contributed by atoms with Gasteiger partial charge in [-0.3, -0.25) is 0 Å². The quantitative estimate of drug-likeness (QED) is 0.335. The molecular formula is C23H21N5O3S. The van der Waals surface area contributed by atoms with E-state index in [0.29, 0.717) is 34.7 Å². The van der Waals surface area contributed by atoms with Gasteiger partial charge in [-0.25, -0.2) is 14.6 Å². The molecule has 0 unspecified atom stereocenters. The lowest BCUT2D eigenvalue weighted by Crippen LogP contribution is -2.19. The van der Waals surface area contributed by atoms with Crippen molar-refractivity contribution in [2.45, 2.75) is 6.54 Å². The van der Waals surface area contributed by atoms with Gasteiger partial charge in [0.05, 0.1) is 17.4 Å². The second kappa shape index (κ2) is 9.04. The maximum atomic E-state index is 12.3. The number of nitrogens with two attached hydrogens (primary N) is 2. The number of nitrogens with one attached hydrogen (secondary N) is 2. The van der Waals surface area contributed by atoms with E-state index in [1.807, 2.05) is 35.7 Å². The number of methoxy groups -OCH3 is 1. The van der Waals surface area contributed by atoms with Crippen molar-refractivity contribution < 1.29 is 14.3 Å². The number of fused-ring (bicyclic) bond motifs is 1. The molecule has 162 valence electrons. The summed E-state index contributed by atoms with van der Waals surface area (Å²) < 4.78 is 5.56. The summed E-state index contributed by atoms with van der Waals surface area (Å²) in [5, 5.41) is 8.22. The lowest BCUT2D eigenvalue weighted by molar-refractivity contribution is 0.0603. The van der Waals surface area contributed by atoms with Crippen LogP contribution in [0.25, 0.3) is 21.2 Å². The van der Waals surface area contributed by atoms with Crippen molar-refractivity contribution in [3.63, 3.8) is 0 Å². The Balaban J connectivity index is 1.54. The Kier molecular flexibility index (Phi) is 6.02. The van der Waals surface area contributed by atoms with Gasteiger partial charge in [0.1, 0.15) is 5.82 Å². The number of urea groups is 1. The van der Waals surface area contributed by atoms with Gasteiger partial charge in [0.25, 0.3) is 0 Å². The zero-order valence-corrected chi connectivity index (χ0v) is 18.0. The monoisotopic (exact) mass is 447 g/mol. The number of hydrogen-bond donors (Lipinski definition) is 4. The summed E-state index contributed by atoms with van der Waals surface area (Å²) in [6, 6.07) is 14.3. The fourth-order valence-corrected chi connectivity index (χ4v) is 4.42. The Labute approximate surface area is 188 Å². The number of benzene rings is 2. The number of carbonyl (C=O) groups excluding carboxylic acids is 2. The van der Waals surface area contributed by atoms with Crippen molar-refractivity contribution in [1.29, 1.82) is 0 Å². The number of pyridine rings is 1. The topological polar surface area (TPSA) is 132 Å². The van der Waals surface area contributed by atoms with E-state index in [-0.39, 0.29) is 6.03 Å². The van der Waals surface area contributed by atoms with E-state index in [2.05, 4.69) is 15.6 Å². The molecule has 32 heavy (non-hydrogen) atoms. The first kappa shape index (κ1) is 21.3. The van der Waals surface area contributed by atoms with E-state index in [1.54, 1.807) is 18.2 Å². The molecule has 2 aromatic carbocycles. The Bertz CT molecular complexity index is 1300. The minimum absolute atomic E-state index is 0.338. The number of nitrogens with zero attached hydrogens (tertiary/aromatic N) is 1. The van der Waals surface area contributed by atoms with E-state index < -0.39 is 5.97 Å². The van der Waals surface area contributed by atoms with Crippen molar-refractivity contribution in [2.75, 3.05) is 23.5 Å². The first-order valence-electron chi connectivity index (χ1n) is 9.71. The summed E-state index contributed by atoms with van der Waals surface area (Å²) >= 11 is 1.40. The summed E-state index contributed by atoms with van der Waals surface area (Å²) in [6.45, 7) is 0.400. The molecule has 0 bridgehead atoms. The number of rotatable bonds is 5. The van der Waals surface area contributed by atoms with Crippen LogP contribution in [0.2, 0.25) is 0 Å². The maximum Gasteiger partial charge on any atom is 0.340 e. The van der Waals surface area contributed by atoms with Crippen LogP contribution in [0.1, 0.15) is 15.9 Å². The third kappa shape index (κ3) is 4.25. The van der Waals surface area contributed by atoms with E-state index in [9.17, 15) is 9.59 Å². The second-order valence-electron chi connectivity index (χ2n) is 6.96. The molecule has 2 amide bonds. The molecule has 0 aliphatic rings. The molecule has 2 aromatic heterocycles. The van der Waals surface area contributed by atoms with Crippen LogP contribution in [0.5, 0.6) is 0 Å². The van der Waals surface area contributed by atoms with Crippen LogP contribution in [0.4, 0.5) is 22.0 Å². The Hall–Kier alpha value is -3.95. The number of thiophene rings is 1. The van der Waals surface area contributed by atoms with Crippen LogP contribution in [0.3, 0.4) is 0 Å². The molecule has 0 atom stereocenters. The van der Waals surface area contributed by atoms with Crippen LogP contribution >= 0.6 is 11.3 Å². The smallest absolute Gasteiger partial charge is 0.340 e. The van der Waals surface area contributed by atoms with Gasteiger partial charge in [-0.2, -0.15) is 0 Å². The standard InChI is InChI=1S/C23H21N5O3S/c1-31-22(29)17-11-26-21(25)19-18(12-32-20(17)19)14-5-7-15(8-6-14)27-23(30)28-16-4-2-3-13(9-16)10-24/h2-9,11-12H,10,24H2,1H3,(H2,25,26)(H2,27,28,30). The molecule has 4 rings (SSSR count). The summed E-state index contributed by atoms with van der Waals surface area (Å²) in [4.78, 5) is 28.5. The molecule has 4 aromatic rings. The minimum atomic E-state index is -0.460. The molecule has 0 aliphatic heterocycles. The highest BCUT2D eigenvalue weighted by molar-refractivity contribution is 7.18. The molecule has 9 heteroatoms. The summed E-state index contributed by atoms with van der Waals surface area (Å²) in [5.74, 6) is -0.122. The summed E-state index contributed by atoms with van der Waals surface area (Å²) in [6.07, 6.45) is 1.43. The number of esters is 1. The van der Waals surface area contributed by atoms with Gasteiger partial charge in [0.15, 0.2) is 0 Å². The van der Waals surface area contributed by atoms with Gasteiger partial charge >= 0.3 is 12.0 Å². The molecule has 8 nitrogen and oxygen atoms in total. The predicted octanol–water partition coefficient (Wildman–Crippen LogP) is 4.43. The van der Waals surface area contributed by atoms with Crippen molar-refractivity contribution in [3.8, 4) is 11.1 Å². The summed E-state index contributed by atoms with van der Waals surface area (Å²) in [5.41, 5.74) is 16.1. The van der Waals surface area contributed by atoms with E-state index >= 15 is 0 Å². The maximum absolute atomic E-state index is 12.3. The first-order valence-corrected chi connectivity index (χ1v) is 10.6. The Morgan fingerprint density at radius 3 is 2.56 bits per heavy atom. The normalized spacial score (nSPS) is 10.7. The fourth-order valence-electron chi connectivity index (χ4n) is 3.34. The van der Waals surface area contributed by atoms with Gasteiger partial charge in [-0.1, -0.05) is 24.3 Å². The van der Waals surface area contributed by atoms with Gasteiger partial charge in [0.2, 0.25) is 0 Å². The first-order chi connectivity index (χ1) is 15.5. The second-order valence-corrected chi connectivity index (χ2v) is 7.84. The third-order valence-electron chi connectivity index (χ3n) is 4.90. The van der Waals surface area contributed by atoms with E-state index in [4.69, 9.17) is 16.2 Å². The van der Waals surface area contributed by atoms with Crippen molar-refractivity contribution in [1.82, 2.24) is 4.98 Å². The Morgan fingerprint density at radius 2 is 1.84 bits per heavy atom. The zero-order chi connectivity index (χ0) is 22.7. The average molecular weight is 448 g/mol. The van der Waals surface area contributed by atoms with Gasteiger partial charge < -0.3 is 26.8 Å². The van der Waals surface area contributed by atoms with Gasteiger partial charge in [-0.05, 0) is 40.8 Å². The van der Waals surface area contributed by atoms with Crippen LogP contribution in [-0.4, -0.2) is 24.1 Å². The fraction of sp³-hybridized carbons (Fsp3) is 0.0870. The van der Waals surface area contributed by atoms with Crippen LogP contribution in [0, 0.1) is 0 Å². The van der Waals surface area contributed by atoms with Gasteiger partial charge in [0, 0.05) is 35.1 Å². The third-order valence-corrected chi connectivity index (χ3v) is 5.92. The largest absolute Gasteiger partial charge is 0.465 e. The molecular weight excluding hydrogens is 426 g/mol. The van der Waals surface area contributed by atoms with Crippen molar-refractivity contribution >= 4 is 50.6 Å². The van der Waals surface area contributed by atoms with Crippen LogP contribution < -0.4 is 22.1 Å². The predicted molar refractivity (Wildman–Crippen MR) is 128 cm³/mol. The number of hydrogen-bond acceptors (Lipinski definition) is 7. The molecule has 0 fully saturated rings. The highest BCUT2D eigenvalue weighted by Crippen LogP contribution is 2.38. The number of carbonyl (C=O) groups is 2. The highest BCUT2D eigenvalue weighted by Gasteiger charge is 2.18. The van der Waals surface area contributed by atoms with Crippen LogP contribution in [-0.2, 0) is 11.3 Å². The molecule has 0 saturated heterocycles. The number of aromatic nitrogens is 1. The van der Waals surface area contributed by atoms with Gasteiger partial charge in [-0.15, -0.1) is 11.3 Å². The van der Waals surface area contributed by atoms with Crippen molar-refractivity contribution in [3.05, 3.63) is 71.2 Å². The number of anilines is 3. The molecule has 6 N–H and O–H groups in total. The summed E-state index contributed by atoms with van der Waals surface area (Å²) in [7, 11) is 1.33. The number of nitrogen functional groups attached to an aromatic ring is 1. The Morgan fingerprint density at radius 1 is 1.09 bits per heavy atom. The molecule has 2 heterocycles. The average Bonchev–Trinajstić information content (AvgIpc) is 3.25. The lowest BCUT2D eigenvalue weighted by atomic mass is 10.0. The SMILES string of the molecule is COC(=O)c1cnc(N)c2c(-c3ccc(NC(=O)Nc4cccc(CN)c4)cc3)csc12. The van der Waals surface area contributed by atoms with E-state index in [1.165, 1.54) is 24.6 Å². The highest BCUT2D eigenvalue weighted by atomic mass is 32.1. The lowest BCUT2D eigenvalue weighted by Gasteiger charge is -2.10. The van der Waals surface area contributed by atoms with Crippen LogP contribution in [0.15, 0.2) is 60.1 Å². The minimum Gasteiger partial charge on any atom is -0.465 e. The van der Waals surface area contributed by atoms with E-state index in [0.717, 1.165) is 21.4 Å². The zero-order valence-electron chi connectivity index (χ0n) is 17.2. The number of ether oxygens (including phenoxy) is 1. The molecule has 0 spiro atoms. The molecule has 0 saturated carbocycles. The molecule has 0 radical (unpaired) electrons. The molecule has 0 aliphatic carbocycles. The number of amides is 2.